The Balaban J connectivity index is 1.72. The van der Waals surface area contributed by atoms with Crippen molar-refractivity contribution < 1.29 is 13.2 Å². The van der Waals surface area contributed by atoms with E-state index in [2.05, 4.69) is 4.98 Å². The largest absolute Gasteiger partial charge is 0.379 e. The lowest BCUT2D eigenvalue weighted by molar-refractivity contribution is 0.0730. The van der Waals surface area contributed by atoms with Gasteiger partial charge >= 0.3 is 0 Å². The van der Waals surface area contributed by atoms with Crippen LogP contribution < -0.4 is 0 Å². The smallest absolute Gasteiger partial charge is 0.243 e. The van der Waals surface area contributed by atoms with Crippen molar-refractivity contribution in [3.8, 4) is 0 Å². The molecule has 0 radical (unpaired) electrons. The fourth-order valence-corrected chi connectivity index (χ4v) is 5.73. The number of rotatable bonds is 6. The molecule has 1 fully saturated rings. The predicted octanol–water partition coefficient (Wildman–Crippen LogP) is 4.54. The van der Waals surface area contributed by atoms with Crippen LogP contribution >= 0.6 is 23.4 Å². The Morgan fingerprint density at radius 1 is 1.19 bits per heavy atom. The average molecular weight is 478 g/mol. The molecule has 164 valence electrons. The SMILES string of the molecule is CCn1c(/C(Cl)=C/c2ccc(SC)cc2)nc2cc(S(=O)(=O)N3CCOCC3)ccc21. The highest BCUT2D eigenvalue weighted by Gasteiger charge is 2.27. The van der Waals surface area contributed by atoms with E-state index in [0.717, 1.165) is 11.1 Å². The Morgan fingerprint density at radius 2 is 1.90 bits per heavy atom. The third-order valence-electron chi connectivity index (χ3n) is 5.27. The molecule has 1 aliphatic heterocycles. The fourth-order valence-electron chi connectivity index (χ4n) is 3.62. The minimum absolute atomic E-state index is 0.238. The molecule has 3 aromatic rings. The molecule has 31 heavy (non-hydrogen) atoms. The van der Waals surface area contributed by atoms with E-state index in [1.807, 2.05) is 48.1 Å². The molecule has 6 nitrogen and oxygen atoms in total. The van der Waals surface area contributed by atoms with Crippen LogP contribution in [0.5, 0.6) is 0 Å². The van der Waals surface area contributed by atoms with Crippen molar-refractivity contribution in [1.82, 2.24) is 13.9 Å². The van der Waals surface area contributed by atoms with Gasteiger partial charge in [-0.1, -0.05) is 23.7 Å². The summed E-state index contributed by atoms with van der Waals surface area (Å²) >= 11 is 8.34. The van der Waals surface area contributed by atoms with Crippen LogP contribution in [0.3, 0.4) is 0 Å². The Kier molecular flexibility index (Phi) is 6.74. The molecule has 0 spiro atoms. The summed E-state index contributed by atoms with van der Waals surface area (Å²) in [6, 6.07) is 13.2. The van der Waals surface area contributed by atoms with Gasteiger partial charge in [0.1, 0.15) is 0 Å². The topological polar surface area (TPSA) is 64.4 Å². The Bertz CT molecular complexity index is 1210. The molecule has 9 heteroatoms. The molecule has 2 aromatic carbocycles. The van der Waals surface area contributed by atoms with Gasteiger partial charge in [-0.3, -0.25) is 0 Å². The lowest BCUT2D eigenvalue weighted by atomic mass is 10.2. The van der Waals surface area contributed by atoms with E-state index in [4.69, 9.17) is 16.3 Å². The molecule has 1 saturated heterocycles. The highest BCUT2D eigenvalue weighted by molar-refractivity contribution is 7.98. The van der Waals surface area contributed by atoms with Crippen molar-refractivity contribution >= 4 is 55.5 Å². The second kappa shape index (κ2) is 9.34. The van der Waals surface area contributed by atoms with Gasteiger partial charge in [-0.05, 0) is 55.2 Å². The highest BCUT2D eigenvalue weighted by atomic mass is 35.5. The van der Waals surface area contributed by atoms with Crippen LogP contribution in [0.4, 0.5) is 0 Å². The summed E-state index contributed by atoms with van der Waals surface area (Å²) in [5.74, 6) is 0.619. The molecular formula is C22H24ClN3O3S2. The number of nitrogens with zero attached hydrogens (tertiary/aromatic N) is 3. The number of aryl methyl sites for hydroxylation is 1. The second-order valence-corrected chi connectivity index (χ2v) is 10.3. The zero-order chi connectivity index (χ0) is 22.0. The number of thioether (sulfide) groups is 1. The number of benzene rings is 2. The number of hydrogen-bond donors (Lipinski definition) is 0. The van der Waals surface area contributed by atoms with E-state index >= 15 is 0 Å². The monoisotopic (exact) mass is 477 g/mol. The first-order valence-corrected chi connectivity index (χ1v) is 13.1. The maximum absolute atomic E-state index is 13.0. The molecule has 0 saturated carbocycles. The van der Waals surface area contributed by atoms with Crippen LogP contribution in [0, 0.1) is 0 Å². The molecule has 0 aliphatic carbocycles. The van der Waals surface area contributed by atoms with E-state index in [9.17, 15) is 8.42 Å². The van der Waals surface area contributed by atoms with E-state index in [1.165, 1.54) is 9.20 Å². The van der Waals surface area contributed by atoms with Crippen LogP contribution in [-0.4, -0.2) is 54.8 Å². The average Bonchev–Trinajstić information content (AvgIpc) is 3.18. The maximum atomic E-state index is 13.0. The molecule has 0 atom stereocenters. The summed E-state index contributed by atoms with van der Waals surface area (Å²) in [4.78, 5) is 6.10. The van der Waals surface area contributed by atoms with Crippen molar-refractivity contribution in [3.63, 3.8) is 0 Å². The van der Waals surface area contributed by atoms with E-state index < -0.39 is 10.0 Å². The van der Waals surface area contributed by atoms with E-state index in [0.29, 0.717) is 49.2 Å². The van der Waals surface area contributed by atoms with Gasteiger partial charge in [0.25, 0.3) is 0 Å². The molecule has 0 N–H and O–H groups in total. The number of ether oxygens (including phenoxy) is 1. The predicted molar refractivity (Wildman–Crippen MR) is 127 cm³/mol. The van der Waals surface area contributed by atoms with Gasteiger partial charge in [0.05, 0.1) is 34.2 Å². The summed E-state index contributed by atoms with van der Waals surface area (Å²) in [6.45, 7) is 4.22. The zero-order valence-electron chi connectivity index (χ0n) is 17.4. The number of hydrogen-bond acceptors (Lipinski definition) is 5. The van der Waals surface area contributed by atoms with Gasteiger partial charge in [0.15, 0.2) is 5.82 Å². The molecular weight excluding hydrogens is 454 g/mol. The number of halogens is 1. The molecule has 0 bridgehead atoms. The highest BCUT2D eigenvalue weighted by Crippen LogP contribution is 2.29. The minimum atomic E-state index is -3.58. The molecule has 0 unspecified atom stereocenters. The zero-order valence-corrected chi connectivity index (χ0v) is 19.8. The number of morpholine rings is 1. The third kappa shape index (κ3) is 4.54. The van der Waals surface area contributed by atoms with Gasteiger partial charge in [0, 0.05) is 24.5 Å². The van der Waals surface area contributed by atoms with E-state index in [1.54, 1.807) is 30.0 Å². The lowest BCUT2D eigenvalue weighted by Crippen LogP contribution is -2.40. The van der Waals surface area contributed by atoms with Gasteiger partial charge in [0.2, 0.25) is 10.0 Å². The Hall–Kier alpha value is -1.84. The van der Waals surface area contributed by atoms with E-state index in [-0.39, 0.29) is 4.90 Å². The summed E-state index contributed by atoms with van der Waals surface area (Å²) in [7, 11) is -3.58. The number of aromatic nitrogens is 2. The van der Waals surface area contributed by atoms with Crippen molar-refractivity contribution in [2.24, 2.45) is 0 Å². The number of imidazole rings is 1. The summed E-state index contributed by atoms with van der Waals surface area (Å²) in [5, 5.41) is 0.507. The molecule has 2 heterocycles. The van der Waals surface area contributed by atoms with Crippen LogP contribution in [0.15, 0.2) is 52.3 Å². The van der Waals surface area contributed by atoms with Gasteiger partial charge in [-0.15, -0.1) is 11.8 Å². The minimum Gasteiger partial charge on any atom is -0.379 e. The molecule has 1 aromatic heterocycles. The van der Waals surface area contributed by atoms with Crippen molar-refractivity contribution in [1.29, 1.82) is 0 Å². The third-order valence-corrected chi connectivity index (χ3v) is 8.18. The quantitative estimate of drug-likeness (QED) is 0.488. The summed E-state index contributed by atoms with van der Waals surface area (Å²) in [5.41, 5.74) is 2.44. The molecule has 0 amide bonds. The second-order valence-electron chi connectivity index (χ2n) is 7.11. The van der Waals surface area contributed by atoms with Gasteiger partial charge in [-0.2, -0.15) is 4.31 Å². The first-order chi connectivity index (χ1) is 14.9. The van der Waals surface area contributed by atoms with Crippen LogP contribution in [-0.2, 0) is 21.3 Å². The maximum Gasteiger partial charge on any atom is 0.243 e. The van der Waals surface area contributed by atoms with Crippen LogP contribution in [0.25, 0.3) is 22.1 Å². The van der Waals surface area contributed by atoms with Crippen molar-refractivity contribution in [2.45, 2.75) is 23.3 Å². The summed E-state index contributed by atoms with van der Waals surface area (Å²) < 4.78 is 34.8. The van der Waals surface area contributed by atoms with Gasteiger partial charge in [-0.25, -0.2) is 13.4 Å². The Morgan fingerprint density at radius 3 is 2.55 bits per heavy atom. The summed E-state index contributed by atoms with van der Waals surface area (Å²) in [6.07, 6.45) is 3.92. The first kappa shape index (κ1) is 22.4. The first-order valence-electron chi connectivity index (χ1n) is 10.0. The van der Waals surface area contributed by atoms with Crippen LogP contribution in [0.1, 0.15) is 18.3 Å². The lowest BCUT2D eigenvalue weighted by Gasteiger charge is -2.26. The number of sulfonamides is 1. The van der Waals surface area contributed by atoms with Crippen molar-refractivity contribution in [2.75, 3.05) is 32.6 Å². The fraction of sp³-hybridized carbons (Fsp3) is 0.318. The number of fused-ring (bicyclic) bond motifs is 1. The molecule has 1 aliphatic rings. The van der Waals surface area contributed by atoms with Crippen LogP contribution in [0.2, 0.25) is 0 Å². The molecule has 4 rings (SSSR count). The van der Waals surface area contributed by atoms with Crippen molar-refractivity contribution in [3.05, 3.63) is 53.9 Å². The normalized spacial score (nSPS) is 16.2. The van der Waals surface area contributed by atoms with Gasteiger partial charge < -0.3 is 9.30 Å². The Labute approximate surface area is 191 Å². The standard InChI is InChI=1S/C22H24ClN3O3S2/c1-3-26-21-9-8-18(31(27,28)25-10-12-29-13-11-25)15-20(21)24-22(26)19(23)14-16-4-6-17(30-2)7-5-16/h4-9,14-15H,3,10-13H2,1-2H3/b19-14-.